The molecule has 1 aliphatic rings. The molecule has 2 heterocycles. The predicted molar refractivity (Wildman–Crippen MR) is 74.2 cm³/mol. The predicted octanol–water partition coefficient (Wildman–Crippen LogP) is 0.401. The van der Waals surface area contributed by atoms with E-state index in [-0.39, 0.29) is 24.8 Å². The molecule has 7 heteroatoms. The zero-order valence-electron chi connectivity index (χ0n) is 9.66. The Bertz CT molecular complexity index is 290. The van der Waals surface area contributed by atoms with Crippen LogP contribution in [0.2, 0.25) is 0 Å². The number of piperazine rings is 1. The Labute approximate surface area is 114 Å². The van der Waals surface area contributed by atoms with Gasteiger partial charge in [-0.2, -0.15) is 0 Å². The smallest absolute Gasteiger partial charge is 0.147 e. The fourth-order valence-electron chi connectivity index (χ4n) is 1.84. The maximum Gasteiger partial charge on any atom is 0.147 e. The first-order valence-electron chi connectivity index (χ1n) is 5.33. The molecule has 1 fully saturated rings. The van der Waals surface area contributed by atoms with Crippen LogP contribution < -0.4 is 10.6 Å². The first kappa shape index (κ1) is 16.4. The SMILES string of the molecule is Cl.Cl.NCCN1CCN(c2cnccn2)CC1. The molecular formula is C10H19Cl2N5. The van der Waals surface area contributed by atoms with Crippen molar-refractivity contribution in [2.24, 2.45) is 5.73 Å². The number of halogens is 2. The van der Waals surface area contributed by atoms with Gasteiger partial charge in [0.1, 0.15) is 5.82 Å². The number of anilines is 1. The average molecular weight is 280 g/mol. The lowest BCUT2D eigenvalue weighted by Crippen LogP contribution is -2.48. The van der Waals surface area contributed by atoms with E-state index in [2.05, 4.69) is 19.8 Å². The molecule has 0 aromatic carbocycles. The van der Waals surface area contributed by atoms with Gasteiger partial charge in [-0.15, -0.1) is 24.8 Å². The molecule has 0 bridgehead atoms. The van der Waals surface area contributed by atoms with E-state index in [0.29, 0.717) is 0 Å². The second-order valence-corrected chi connectivity index (χ2v) is 3.68. The Hall–Kier alpha value is -0.620. The van der Waals surface area contributed by atoms with Gasteiger partial charge in [-0.1, -0.05) is 0 Å². The van der Waals surface area contributed by atoms with Gasteiger partial charge in [0.2, 0.25) is 0 Å². The highest BCUT2D eigenvalue weighted by Crippen LogP contribution is 2.10. The molecule has 0 spiro atoms. The highest BCUT2D eigenvalue weighted by molar-refractivity contribution is 5.85. The summed E-state index contributed by atoms with van der Waals surface area (Å²) in [5.41, 5.74) is 5.53. The van der Waals surface area contributed by atoms with Gasteiger partial charge in [0.25, 0.3) is 0 Å². The molecule has 2 N–H and O–H groups in total. The third-order valence-corrected chi connectivity index (χ3v) is 2.69. The van der Waals surface area contributed by atoms with Gasteiger partial charge in [0.15, 0.2) is 0 Å². The molecular weight excluding hydrogens is 261 g/mol. The standard InChI is InChI=1S/C10H17N5.2ClH/c11-1-4-14-5-7-15(8-6-14)10-9-12-2-3-13-10;;/h2-3,9H,1,4-8,11H2;2*1H. The molecule has 2 rings (SSSR count). The van der Waals surface area contributed by atoms with Gasteiger partial charge < -0.3 is 10.6 Å². The second-order valence-electron chi connectivity index (χ2n) is 3.68. The summed E-state index contributed by atoms with van der Waals surface area (Å²) in [5.74, 6) is 0.977. The van der Waals surface area contributed by atoms with Gasteiger partial charge in [-0.05, 0) is 0 Å². The van der Waals surface area contributed by atoms with Crippen molar-refractivity contribution in [2.75, 3.05) is 44.2 Å². The van der Waals surface area contributed by atoms with Crippen LogP contribution in [0.5, 0.6) is 0 Å². The summed E-state index contributed by atoms with van der Waals surface area (Å²) in [5, 5.41) is 0. The summed E-state index contributed by atoms with van der Waals surface area (Å²) >= 11 is 0. The van der Waals surface area contributed by atoms with Crippen LogP contribution in [0.1, 0.15) is 0 Å². The number of nitrogens with zero attached hydrogens (tertiary/aromatic N) is 4. The number of rotatable bonds is 3. The van der Waals surface area contributed by atoms with E-state index in [1.54, 1.807) is 12.4 Å². The number of aromatic nitrogens is 2. The number of hydrogen-bond donors (Lipinski definition) is 1. The quantitative estimate of drug-likeness (QED) is 0.868. The van der Waals surface area contributed by atoms with Crippen LogP contribution in [0.25, 0.3) is 0 Å². The van der Waals surface area contributed by atoms with Crippen molar-refractivity contribution < 1.29 is 0 Å². The third kappa shape index (κ3) is 4.63. The van der Waals surface area contributed by atoms with E-state index in [4.69, 9.17) is 5.73 Å². The van der Waals surface area contributed by atoms with E-state index < -0.39 is 0 Å². The van der Waals surface area contributed by atoms with Crippen LogP contribution in [-0.4, -0.2) is 54.1 Å². The maximum atomic E-state index is 5.53. The zero-order valence-corrected chi connectivity index (χ0v) is 11.3. The highest BCUT2D eigenvalue weighted by Gasteiger charge is 2.16. The minimum absolute atomic E-state index is 0. The molecule has 0 atom stereocenters. The zero-order chi connectivity index (χ0) is 10.5. The Balaban J connectivity index is 0.00000128. The summed E-state index contributed by atoms with van der Waals surface area (Å²) in [4.78, 5) is 13.0. The summed E-state index contributed by atoms with van der Waals surface area (Å²) in [6.07, 6.45) is 5.26. The molecule has 1 saturated heterocycles. The minimum Gasteiger partial charge on any atom is -0.353 e. The van der Waals surface area contributed by atoms with E-state index in [1.807, 2.05) is 6.20 Å². The first-order valence-corrected chi connectivity index (χ1v) is 5.33. The van der Waals surface area contributed by atoms with Crippen LogP contribution in [0.3, 0.4) is 0 Å². The number of nitrogens with two attached hydrogens (primary N) is 1. The monoisotopic (exact) mass is 279 g/mol. The van der Waals surface area contributed by atoms with E-state index >= 15 is 0 Å². The maximum absolute atomic E-state index is 5.53. The van der Waals surface area contributed by atoms with Crippen LogP contribution in [0.4, 0.5) is 5.82 Å². The van der Waals surface area contributed by atoms with Crippen molar-refractivity contribution in [2.45, 2.75) is 0 Å². The topological polar surface area (TPSA) is 58.3 Å². The molecule has 0 amide bonds. The molecule has 98 valence electrons. The summed E-state index contributed by atoms with van der Waals surface area (Å²) < 4.78 is 0. The molecule has 17 heavy (non-hydrogen) atoms. The Morgan fingerprint density at radius 1 is 1.12 bits per heavy atom. The lowest BCUT2D eigenvalue weighted by atomic mass is 10.3. The molecule has 5 nitrogen and oxygen atoms in total. The third-order valence-electron chi connectivity index (χ3n) is 2.69. The van der Waals surface area contributed by atoms with Crippen molar-refractivity contribution >= 4 is 30.6 Å². The van der Waals surface area contributed by atoms with Crippen molar-refractivity contribution in [1.29, 1.82) is 0 Å². The van der Waals surface area contributed by atoms with Crippen LogP contribution in [0.15, 0.2) is 18.6 Å². The molecule has 1 aromatic rings. The minimum atomic E-state index is 0. The van der Waals surface area contributed by atoms with Gasteiger partial charge >= 0.3 is 0 Å². The largest absolute Gasteiger partial charge is 0.353 e. The van der Waals surface area contributed by atoms with Crippen LogP contribution in [-0.2, 0) is 0 Å². The Morgan fingerprint density at radius 2 is 1.82 bits per heavy atom. The van der Waals surface area contributed by atoms with Crippen molar-refractivity contribution in [3.8, 4) is 0 Å². The van der Waals surface area contributed by atoms with Gasteiger partial charge in [0, 0.05) is 51.7 Å². The Morgan fingerprint density at radius 3 is 2.35 bits per heavy atom. The van der Waals surface area contributed by atoms with E-state index in [0.717, 1.165) is 45.1 Å². The molecule has 0 radical (unpaired) electrons. The van der Waals surface area contributed by atoms with Crippen LogP contribution >= 0.6 is 24.8 Å². The van der Waals surface area contributed by atoms with Crippen LogP contribution in [0, 0.1) is 0 Å². The van der Waals surface area contributed by atoms with E-state index in [9.17, 15) is 0 Å². The second kappa shape index (κ2) is 8.47. The summed E-state index contributed by atoms with van der Waals surface area (Å²) in [6.45, 7) is 5.89. The number of hydrogen-bond acceptors (Lipinski definition) is 5. The first-order chi connectivity index (χ1) is 7.40. The average Bonchev–Trinajstić information content (AvgIpc) is 2.32. The molecule has 1 aliphatic heterocycles. The Kier molecular flexibility index (Phi) is 8.16. The van der Waals surface area contributed by atoms with Crippen molar-refractivity contribution in [1.82, 2.24) is 14.9 Å². The molecule has 0 aliphatic carbocycles. The molecule has 0 unspecified atom stereocenters. The van der Waals surface area contributed by atoms with Gasteiger partial charge in [0.05, 0.1) is 6.20 Å². The summed E-state index contributed by atoms with van der Waals surface area (Å²) in [6, 6.07) is 0. The van der Waals surface area contributed by atoms with Gasteiger partial charge in [-0.25, -0.2) is 4.98 Å². The molecule has 1 aromatic heterocycles. The normalized spacial score (nSPS) is 15.9. The lowest BCUT2D eigenvalue weighted by molar-refractivity contribution is 0.264. The highest BCUT2D eigenvalue weighted by atomic mass is 35.5. The van der Waals surface area contributed by atoms with E-state index in [1.165, 1.54) is 0 Å². The van der Waals surface area contributed by atoms with Gasteiger partial charge in [-0.3, -0.25) is 9.88 Å². The van der Waals surface area contributed by atoms with Crippen molar-refractivity contribution in [3.63, 3.8) is 0 Å². The van der Waals surface area contributed by atoms with Crippen molar-refractivity contribution in [3.05, 3.63) is 18.6 Å². The fraction of sp³-hybridized carbons (Fsp3) is 0.600. The lowest BCUT2D eigenvalue weighted by Gasteiger charge is -2.34. The fourth-order valence-corrected chi connectivity index (χ4v) is 1.84. The molecule has 0 saturated carbocycles. The summed E-state index contributed by atoms with van der Waals surface area (Å²) in [7, 11) is 0.